The van der Waals surface area contributed by atoms with E-state index in [1.807, 2.05) is 54.7 Å². The number of benzene rings is 2. The average molecular weight is 441 g/mol. The molecule has 0 aliphatic carbocycles. The lowest BCUT2D eigenvalue weighted by atomic mass is 10.1. The Morgan fingerprint density at radius 2 is 1.61 bits per heavy atom. The lowest BCUT2D eigenvalue weighted by Gasteiger charge is -2.36. The molecule has 4 heterocycles. The fourth-order valence-corrected chi connectivity index (χ4v) is 4.26. The van der Waals surface area contributed by atoms with Crippen LogP contribution in [-0.2, 0) is 6.54 Å². The van der Waals surface area contributed by atoms with Gasteiger partial charge in [0.05, 0.1) is 5.56 Å². The summed E-state index contributed by atoms with van der Waals surface area (Å²) in [6.45, 7) is 4.79. The van der Waals surface area contributed by atoms with Crippen molar-refractivity contribution in [1.29, 1.82) is 0 Å². The number of rotatable bonds is 5. The van der Waals surface area contributed by atoms with Crippen molar-refractivity contribution in [3.8, 4) is 34.4 Å². The first kappa shape index (κ1) is 19.8. The van der Waals surface area contributed by atoms with Gasteiger partial charge >= 0.3 is 0 Å². The van der Waals surface area contributed by atoms with Gasteiger partial charge in [-0.2, -0.15) is 0 Å². The fraction of sp³-hybridized carbons (Fsp3) is 0.240. The zero-order valence-corrected chi connectivity index (χ0v) is 18.1. The van der Waals surface area contributed by atoms with Crippen molar-refractivity contribution in [2.24, 2.45) is 0 Å². The molecule has 4 aromatic rings. The Hall–Kier alpha value is -3.91. The first-order valence-electron chi connectivity index (χ1n) is 11.0. The van der Waals surface area contributed by atoms with Crippen LogP contribution >= 0.6 is 0 Å². The summed E-state index contributed by atoms with van der Waals surface area (Å²) in [6, 6.07) is 19.9. The lowest BCUT2D eigenvalue weighted by Crippen LogP contribution is -2.46. The topological polar surface area (TPSA) is 76.8 Å². The van der Waals surface area contributed by atoms with E-state index in [1.54, 1.807) is 0 Å². The zero-order valence-electron chi connectivity index (χ0n) is 18.1. The van der Waals surface area contributed by atoms with Gasteiger partial charge in [0.25, 0.3) is 5.89 Å². The van der Waals surface area contributed by atoms with Crippen LogP contribution in [0.2, 0.25) is 0 Å². The van der Waals surface area contributed by atoms with Gasteiger partial charge in [-0.3, -0.25) is 4.90 Å². The van der Waals surface area contributed by atoms with Gasteiger partial charge in [0.2, 0.25) is 12.7 Å². The van der Waals surface area contributed by atoms with Gasteiger partial charge in [-0.15, -0.1) is 10.2 Å². The van der Waals surface area contributed by atoms with Crippen LogP contribution in [0.5, 0.6) is 11.5 Å². The molecule has 2 aliphatic heterocycles. The molecule has 2 aromatic carbocycles. The smallest absolute Gasteiger partial charge is 0.251 e. The molecular formula is C25H23N5O3. The molecule has 0 saturated carbocycles. The molecule has 1 fully saturated rings. The third kappa shape index (κ3) is 4.01. The van der Waals surface area contributed by atoms with E-state index in [0.29, 0.717) is 18.6 Å². The molecule has 0 N–H and O–H groups in total. The maximum atomic E-state index is 6.00. The molecule has 2 aromatic heterocycles. The van der Waals surface area contributed by atoms with Gasteiger partial charge in [-0.05, 0) is 42.0 Å². The Bertz CT molecular complexity index is 1250. The van der Waals surface area contributed by atoms with Crippen molar-refractivity contribution in [3.05, 3.63) is 72.4 Å². The van der Waals surface area contributed by atoms with Crippen molar-refractivity contribution in [3.63, 3.8) is 0 Å². The highest BCUT2D eigenvalue weighted by Gasteiger charge is 2.23. The number of piperazine rings is 1. The SMILES string of the molecule is c1ccc(-c2nnc(-c3cccnc3N3CCN(Cc4ccc5c(c4)OCO5)CC3)o2)cc1. The summed E-state index contributed by atoms with van der Waals surface area (Å²) in [7, 11) is 0. The molecule has 8 nitrogen and oxygen atoms in total. The second-order valence-corrected chi connectivity index (χ2v) is 8.10. The third-order valence-corrected chi connectivity index (χ3v) is 5.98. The van der Waals surface area contributed by atoms with E-state index in [0.717, 1.165) is 61.2 Å². The number of hydrogen-bond donors (Lipinski definition) is 0. The summed E-state index contributed by atoms with van der Waals surface area (Å²) < 4.78 is 16.9. The van der Waals surface area contributed by atoms with Gasteiger partial charge in [0.15, 0.2) is 11.5 Å². The number of fused-ring (bicyclic) bond motifs is 1. The third-order valence-electron chi connectivity index (χ3n) is 5.98. The number of anilines is 1. The number of pyridine rings is 1. The maximum absolute atomic E-state index is 6.00. The predicted molar refractivity (Wildman–Crippen MR) is 123 cm³/mol. The van der Waals surface area contributed by atoms with Crippen LogP contribution in [0.3, 0.4) is 0 Å². The van der Waals surface area contributed by atoms with Crippen LogP contribution in [0.1, 0.15) is 5.56 Å². The van der Waals surface area contributed by atoms with Crippen LogP contribution in [-0.4, -0.2) is 53.1 Å². The quantitative estimate of drug-likeness (QED) is 0.462. The van der Waals surface area contributed by atoms with Crippen LogP contribution in [0.25, 0.3) is 22.9 Å². The number of ether oxygens (including phenoxy) is 2. The Morgan fingerprint density at radius 1 is 0.788 bits per heavy atom. The summed E-state index contributed by atoms with van der Waals surface area (Å²) in [5.41, 5.74) is 2.99. The van der Waals surface area contributed by atoms with Gasteiger partial charge in [0, 0.05) is 44.5 Å². The molecule has 0 spiro atoms. The molecular weight excluding hydrogens is 418 g/mol. The summed E-state index contributed by atoms with van der Waals surface area (Å²) in [5.74, 6) is 3.53. The molecule has 0 unspecified atom stereocenters. The molecule has 33 heavy (non-hydrogen) atoms. The Labute approximate surface area is 191 Å². The van der Waals surface area contributed by atoms with Crippen LogP contribution in [0, 0.1) is 0 Å². The zero-order chi connectivity index (χ0) is 22.0. The first-order chi connectivity index (χ1) is 16.3. The number of hydrogen-bond acceptors (Lipinski definition) is 8. The van der Waals surface area contributed by atoms with Crippen LogP contribution in [0.15, 0.2) is 71.3 Å². The lowest BCUT2D eigenvalue weighted by molar-refractivity contribution is 0.174. The highest BCUT2D eigenvalue weighted by Crippen LogP contribution is 2.33. The van der Waals surface area contributed by atoms with Crippen molar-refractivity contribution < 1.29 is 13.9 Å². The van der Waals surface area contributed by atoms with Crippen LogP contribution < -0.4 is 14.4 Å². The van der Waals surface area contributed by atoms with E-state index in [2.05, 4.69) is 37.1 Å². The summed E-state index contributed by atoms with van der Waals surface area (Å²) in [6.07, 6.45) is 1.81. The van der Waals surface area contributed by atoms with E-state index < -0.39 is 0 Å². The molecule has 6 rings (SSSR count). The molecule has 0 atom stereocenters. The number of nitrogens with zero attached hydrogens (tertiary/aromatic N) is 5. The van der Waals surface area contributed by atoms with Gasteiger partial charge in [-0.25, -0.2) is 4.98 Å². The fourth-order valence-electron chi connectivity index (χ4n) is 4.26. The van der Waals surface area contributed by atoms with Gasteiger partial charge in [0.1, 0.15) is 5.82 Å². The first-order valence-corrected chi connectivity index (χ1v) is 11.0. The summed E-state index contributed by atoms with van der Waals surface area (Å²) in [5, 5.41) is 8.54. The van der Waals surface area contributed by atoms with E-state index in [9.17, 15) is 0 Å². The molecule has 0 bridgehead atoms. The molecule has 8 heteroatoms. The van der Waals surface area contributed by atoms with Gasteiger partial charge in [-0.1, -0.05) is 24.3 Å². The second kappa shape index (κ2) is 8.55. The van der Waals surface area contributed by atoms with Crippen molar-refractivity contribution in [2.75, 3.05) is 37.9 Å². The number of aromatic nitrogens is 3. The minimum atomic E-state index is 0.302. The highest BCUT2D eigenvalue weighted by molar-refractivity contribution is 5.70. The second-order valence-electron chi connectivity index (χ2n) is 8.10. The highest BCUT2D eigenvalue weighted by atomic mass is 16.7. The minimum Gasteiger partial charge on any atom is -0.454 e. The molecule has 2 aliphatic rings. The Morgan fingerprint density at radius 3 is 2.48 bits per heavy atom. The van der Waals surface area contributed by atoms with Crippen molar-refractivity contribution in [2.45, 2.75) is 6.54 Å². The van der Waals surface area contributed by atoms with Crippen LogP contribution in [0.4, 0.5) is 5.82 Å². The largest absolute Gasteiger partial charge is 0.454 e. The maximum Gasteiger partial charge on any atom is 0.251 e. The molecule has 166 valence electrons. The standard InChI is InChI=1S/C25H23N5O3/c1-2-5-19(6-3-1)24-27-28-25(33-24)20-7-4-10-26-23(20)30-13-11-29(12-14-30)16-18-8-9-21-22(15-18)32-17-31-21/h1-10,15H,11-14,16-17H2. The van der Waals surface area contributed by atoms with E-state index >= 15 is 0 Å². The Balaban J connectivity index is 1.16. The Kier molecular flexibility index (Phi) is 5.12. The van der Waals surface area contributed by atoms with E-state index in [1.165, 1.54) is 5.56 Å². The van der Waals surface area contributed by atoms with Crippen molar-refractivity contribution in [1.82, 2.24) is 20.1 Å². The van der Waals surface area contributed by atoms with Gasteiger partial charge < -0.3 is 18.8 Å². The summed E-state index contributed by atoms with van der Waals surface area (Å²) in [4.78, 5) is 9.39. The predicted octanol–water partition coefficient (Wildman–Crippen LogP) is 3.85. The van der Waals surface area contributed by atoms with Crippen molar-refractivity contribution >= 4 is 5.82 Å². The van der Waals surface area contributed by atoms with E-state index in [-0.39, 0.29) is 0 Å². The molecule has 0 amide bonds. The normalized spacial score (nSPS) is 15.7. The average Bonchev–Trinajstić information content (AvgIpc) is 3.55. The monoisotopic (exact) mass is 441 g/mol. The molecule has 0 radical (unpaired) electrons. The minimum absolute atomic E-state index is 0.302. The van der Waals surface area contributed by atoms with E-state index in [4.69, 9.17) is 13.9 Å². The molecule has 1 saturated heterocycles. The summed E-state index contributed by atoms with van der Waals surface area (Å²) >= 11 is 0.